The quantitative estimate of drug-likeness (QED) is 0.872. The maximum atomic E-state index is 12.4. The predicted molar refractivity (Wildman–Crippen MR) is 81.3 cm³/mol. The molecule has 0 spiro atoms. The Morgan fingerprint density at radius 2 is 1.80 bits per heavy atom. The van der Waals surface area contributed by atoms with Crippen LogP contribution >= 0.6 is 0 Å². The second-order valence-electron chi connectivity index (χ2n) is 4.66. The van der Waals surface area contributed by atoms with Gasteiger partial charge < -0.3 is 15.4 Å². The Hall–Kier alpha value is -2.49. The van der Waals surface area contributed by atoms with Crippen LogP contribution in [0, 0.1) is 6.92 Å². The van der Waals surface area contributed by atoms with Crippen molar-refractivity contribution in [3.63, 3.8) is 0 Å². The van der Waals surface area contributed by atoms with E-state index in [2.05, 4.69) is 0 Å². The van der Waals surface area contributed by atoms with Crippen LogP contribution in [0.3, 0.4) is 0 Å². The van der Waals surface area contributed by atoms with Gasteiger partial charge >= 0.3 is 0 Å². The highest BCUT2D eigenvalue weighted by atomic mass is 16.5. The molecule has 0 saturated carbocycles. The molecule has 2 aromatic carbocycles. The lowest BCUT2D eigenvalue weighted by Crippen LogP contribution is -2.26. The number of rotatable bonds is 3. The number of aryl methyl sites for hydroxylation is 1. The van der Waals surface area contributed by atoms with Crippen molar-refractivity contribution in [3.8, 4) is 5.75 Å². The molecule has 0 aliphatic carbocycles. The largest absolute Gasteiger partial charge is 0.495 e. The van der Waals surface area contributed by atoms with Crippen LogP contribution in [-0.2, 0) is 0 Å². The summed E-state index contributed by atoms with van der Waals surface area (Å²) in [7, 11) is 3.29. The Balaban J connectivity index is 2.26. The van der Waals surface area contributed by atoms with Crippen LogP contribution in [0.25, 0.3) is 0 Å². The molecule has 0 fully saturated rings. The minimum atomic E-state index is -0.108. The van der Waals surface area contributed by atoms with Gasteiger partial charge in [-0.15, -0.1) is 0 Å². The summed E-state index contributed by atoms with van der Waals surface area (Å²) in [6.07, 6.45) is 0. The second kappa shape index (κ2) is 5.65. The predicted octanol–water partition coefficient (Wildman–Crippen LogP) is 2.86. The van der Waals surface area contributed by atoms with Gasteiger partial charge in [0.2, 0.25) is 0 Å². The lowest BCUT2D eigenvalue weighted by atomic mass is 10.1. The van der Waals surface area contributed by atoms with E-state index in [4.69, 9.17) is 10.5 Å². The minimum absolute atomic E-state index is 0.108. The molecule has 0 aliphatic heterocycles. The second-order valence-corrected chi connectivity index (χ2v) is 4.66. The topological polar surface area (TPSA) is 55.6 Å². The van der Waals surface area contributed by atoms with Crippen LogP contribution < -0.4 is 15.4 Å². The molecule has 0 heterocycles. The third kappa shape index (κ3) is 2.74. The Bertz CT molecular complexity index is 621. The number of amides is 1. The Morgan fingerprint density at radius 3 is 2.35 bits per heavy atom. The number of nitrogens with two attached hydrogens (primary N) is 1. The number of hydrogen-bond donors (Lipinski definition) is 1. The van der Waals surface area contributed by atoms with E-state index < -0.39 is 0 Å². The smallest absolute Gasteiger partial charge is 0.258 e. The number of benzene rings is 2. The van der Waals surface area contributed by atoms with E-state index in [-0.39, 0.29) is 5.91 Å². The molecule has 104 valence electrons. The maximum Gasteiger partial charge on any atom is 0.258 e. The average Bonchev–Trinajstić information content (AvgIpc) is 2.46. The number of methoxy groups -OCH3 is 1. The summed E-state index contributed by atoms with van der Waals surface area (Å²) in [6.45, 7) is 2.01. The summed E-state index contributed by atoms with van der Waals surface area (Å²) in [5.41, 5.74) is 8.82. The maximum absolute atomic E-state index is 12.4. The SMILES string of the molecule is COc1ccc(C(=O)N(C)c2ccc(C)cc2)cc1N. The number of carbonyl (C=O) groups is 1. The summed E-state index contributed by atoms with van der Waals surface area (Å²) in [5.74, 6) is 0.461. The molecular formula is C16H18N2O2. The first-order chi connectivity index (χ1) is 9.52. The number of hydrogen-bond acceptors (Lipinski definition) is 3. The Kier molecular flexibility index (Phi) is 3.94. The molecule has 0 atom stereocenters. The van der Waals surface area contributed by atoms with Gasteiger partial charge in [-0.2, -0.15) is 0 Å². The lowest BCUT2D eigenvalue weighted by Gasteiger charge is -2.18. The molecule has 0 saturated heterocycles. The zero-order valence-electron chi connectivity index (χ0n) is 11.9. The van der Waals surface area contributed by atoms with E-state index in [0.717, 1.165) is 11.3 Å². The molecule has 1 amide bonds. The van der Waals surface area contributed by atoms with Crippen molar-refractivity contribution in [3.05, 3.63) is 53.6 Å². The molecule has 0 radical (unpaired) electrons. The fourth-order valence-corrected chi connectivity index (χ4v) is 1.95. The third-order valence-electron chi connectivity index (χ3n) is 3.20. The first kappa shape index (κ1) is 13.9. The van der Waals surface area contributed by atoms with Gasteiger partial charge in [0.15, 0.2) is 0 Å². The van der Waals surface area contributed by atoms with E-state index in [1.165, 1.54) is 0 Å². The third-order valence-corrected chi connectivity index (χ3v) is 3.20. The van der Waals surface area contributed by atoms with Crippen molar-refractivity contribution < 1.29 is 9.53 Å². The van der Waals surface area contributed by atoms with Gasteiger partial charge in [0.1, 0.15) is 5.75 Å². The number of ether oxygens (including phenoxy) is 1. The number of nitrogen functional groups attached to an aromatic ring is 1. The van der Waals surface area contributed by atoms with Crippen LogP contribution in [0.4, 0.5) is 11.4 Å². The van der Waals surface area contributed by atoms with Gasteiger partial charge in [-0.25, -0.2) is 0 Å². The summed E-state index contributed by atoms with van der Waals surface area (Å²) in [4.78, 5) is 14.0. The van der Waals surface area contributed by atoms with E-state index in [0.29, 0.717) is 17.0 Å². The molecule has 0 unspecified atom stereocenters. The minimum Gasteiger partial charge on any atom is -0.495 e. The van der Waals surface area contributed by atoms with Gasteiger partial charge in [0.05, 0.1) is 12.8 Å². The van der Waals surface area contributed by atoms with E-state index in [1.54, 1.807) is 37.3 Å². The van der Waals surface area contributed by atoms with Crippen LogP contribution in [0.2, 0.25) is 0 Å². The van der Waals surface area contributed by atoms with Crippen molar-refractivity contribution in [1.82, 2.24) is 0 Å². The van der Waals surface area contributed by atoms with E-state index in [1.807, 2.05) is 31.2 Å². The summed E-state index contributed by atoms with van der Waals surface area (Å²) in [6, 6.07) is 12.8. The molecule has 2 rings (SSSR count). The first-order valence-electron chi connectivity index (χ1n) is 6.31. The molecule has 2 N–H and O–H groups in total. The van der Waals surface area contributed by atoms with Crippen LogP contribution in [0.5, 0.6) is 5.75 Å². The summed E-state index contributed by atoms with van der Waals surface area (Å²) >= 11 is 0. The van der Waals surface area contributed by atoms with Gasteiger partial charge in [0.25, 0.3) is 5.91 Å². The first-order valence-corrected chi connectivity index (χ1v) is 6.31. The zero-order chi connectivity index (χ0) is 14.7. The highest BCUT2D eigenvalue weighted by molar-refractivity contribution is 6.06. The average molecular weight is 270 g/mol. The van der Waals surface area contributed by atoms with Gasteiger partial charge in [-0.05, 0) is 37.3 Å². The Morgan fingerprint density at radius 1 is 1.15 bits per heavy atom. The normalized spacial score (nSPS) is 10.2. The highest BCUT2D eigenvalue weighted by Crippen LogP contribution is 2.24. The summed E-state index contributed by atoms with van der Waals surface area (Å²) in [5, 5.41) is 0. The monoisotopic (exact) mass is 270 g/mol. The number of nitrogens with zero attached hydrogens (tertiary/aromatic N) is 1. The van der Waals surface area contributed by atoms with E-state index >= 15 is 0 Å². The fraction of sp³-hybridized carbons (Fsp3) is 0.188. The molecule has 0 aliphatic rings. The van der Waals surface area contributed by atoms with Crippen molar-refractivity contribution in [2.75, 3.05) is 24.8 Å². The molecule has 2 aromatic rings. The van der Waals surface area contributed by atoms with Crippen LogP contribution in [-0.4, -0.2) is 20.1 Å². The van der Waals surface area contributed by atoms with Crippen molar-refractivity contribution >= 4 is 17.3 Å². The number of carbonyl (C=O) groups excluding carboxylic acids is 1. The van der Waals surface area contributed by atoms with E-state index in [9.17, 15) is 4.79 Å². The lowest BCUT2D eigenvalue weighted by molar-refractivity contribution is 0.0993. The van der Waals surface area contributed by atoms with Gasteiger partial charge in [0, 0.05) is 18.3 Å². The Labute approximate surface area is 118 Å². The molecular weight excluding hydrogens is 252 g/mol. The molecule has 4 nitrogen and oxygen atoms in total. The number of anilines is 2. The molecule has 0 aromatic heterocycles. The van der Waals surface area contributed by atoms with Crippen molar-refractivity contribution in [1.29, 1.82) is 0 Å². The zero-order valence-corrected chi connectivity index (χ0v) is 11.9. The summed E-state index contributed by atoms with van der Waals surface area (Å²) < 4.78 is 5.09. The fourth-order valence-electron chi connectivity index (χ4n) is 1.95. The van der Waals surface area contributed by atoms with Crippen molar-refractivity contribution in [2.45, 2.75) is 6.92 Å². The highest BCUT2D eigenvalue weighted by Gasteiger charge is 2.14. The van der Waals surface area contributed by atoms with Crippen LogP contribution in [0.1, 0.15) is 15.9 Å². The van der Waals surface area contributed by atoms with Gasteiger partial charge in [-0.3, -0.25) is 4.79 Å². The van der Waals surface area contributed by atoms with Crippen molar-refractivity contribution in [2.24, 2.45) is 0 Å². The molecule has 20 heavy (non-hydrogen) atoms. The van der Waals surface area contributed by atoms with Crippen LogP contribution in [0.15, 0.2) is 42.5 Å². The molecule has 0 bridgehead atoms. The molecule has 4 heteroatoms. The van der Waals surface area contributed by atoms with Gasteiger partial charge in [-0.1, -0.05) is 17.7 Å². The standard InChI is InChI=1S/C16H18N2O2/c1-11-4-7-13(8-5-11)18(2)16(19)12-6-9-15(20-3)14(17)10-12/h4-10H,17H2,1-3H3.